The number of hydrogen-bond donors (Lipinski definition) is 1. The average Bonchev–Trinajstić information content (AvgIpc) is 2.21. The van der Waals surface area contributed by atoms with Crippen molar-refractivity contribution in [3.8, 4) is 0 Å². The fourth-order valence-electron chi connectivity index (χ4n) is 1.51. The zero-order valence-corrected chi connectivity index (χ0v) is 11.7. The van der Waals surface area contributed by atoms with Gasteiger partial charge in [-0.3, -0.25) is 9.59 Å². The number of carboxylic acid groups (broad SMARTS) is 1. The van der Waals surface area contributed by atoms with Crippen molar-refractivity contribution in [3.63, 3.8) is 0 Å². The summed E-state index contributed by atoms with van der Waals surface area (Å²) in [7, 11) is -3.05. The number of sulfone groups is 1. The molecule has 106 valence electrons. The first-order chi connectivity index (χ1) is 8.26. The zero-order valence-electron chi connectivity index (χ0n) is 10.9. The van der Waals surface area contributed by atoms with Crippen molar-refractivity contribution < 1.29 is 23.1 Å². The molecule has 0 atom stereocenters. The van der Waals surface area contributed by atoms with Crippen LogP contribution in [0.1, 0.15) is 32.6 Å². The Kier molecular flexibility index (Phi) is 7.58. The van der Waals surface area contributed by atoms with Crippen LogP contribution in [0, 0.1) is 0 Å². The Morgan fingerprint density at radius 2 is 1.78 bits per heavy atom. The van der Waals surface area contributed by atoms with Crippen molar-refractivity contribution in [3.05, 3.63) is 0 Å². The van der Waals surface area contributed by atoms with E-state index >= 15 is 0 Å². The van der Waals surface area contributed by atoms with Crippen molar-refractivity contribution in [2.45, 2.75) is 32.6 Å². The topological polar surface area (TPSA) is 91.8 Å². The Bertz CT molecular complexity index is 377. The van der Waals surface area contributed by atoms with Crippen molar-refractivity contribution in [2.75, 3.05) is 25.1 Å². The van der Waals surface area contributed by atoms with Gasteiger partial charge in [0.05, 0.1) is 12.2 Å². The third-order valence-electron chi connectivity index (χ3n) is 2.35. The number of carboxylic acids is 1. The molecule has 0 aromatic carbocycles. The van der Waals surface area contributed by atoms with Gasteiger partial charge in [-0.1, -0.05) is 6.92 Å². The van der Waals surface area contributed by atoms with Gasteiger partial charge >= 0.3 is 5.97 Å². The third-order valence-corrected chi connectivity index (χ3v) is 3.38. The second-order valence-corrected chi connectivity index (χ2v) is 6.52. The number of amides is 1. The van der Waals surface area contributed by atoms with Gasteiger partial charge in [0, 0.05) is 25.8 Å². The molecule has 0 aliphatic heterocycles. The van der Waals surface area contributed by atoms with E-state index in [0.717, 1.165) is 12.7 Å². The molecule has 0 radical (unpaired) electrons. The number of carbonyl (C=O) groups is 2. The Morgan fingerprint density at radius 1 is 1.17 bits per heavy atom. The average molecular weight is 279 g/mol. The molecule has 0 aliphatic rings. The quantitative estimate of drug-likeness (QED) is 0.664. The van der Waals surface area contributed by atoms with E-state index in [2.05, 4.69) is 0 Å². The molecule has 0 saturated carbocycles. The third kappa shape index (κ3) is 8.98. The molecule has 0 spiro atoms. The van der Waals surface area contributed by atoms with Crippen molar-refractivity contribution in [2.24, 2.45) is 0 Å². The van der Waals surface area contributed by atoms with Gasteiger partial charge in [0.2, 0.25) is 5.91 Å². The molecule has 0 aliphatic carbocycles. The standard InChI is InChI=1S/C11H21NO5S/c1-3-7-12(8-6-11(14)15)10(13)5-4-9-18(2,16)17/h3-9H2,1-2H3,(H,14,15). The minimum Gasteiger partial charge on any atom is -0.481 e. The second kappa shape index (κ2) is 8.07. The van der Waals surface area contributed by atoms with Crippen LogP contribution in [0.15, 0.2) is 0 Å². The van der Waals surface area contributed by atoms with E-state index in [1.54, 1.807) is 0 Å². The summed E-state index contributed by atoms with van der Waals surface area (Å²) in [6.45, 7) is 2.59. The monoisotopic (exact) mass is 279 g/mol. The summed E-state index contributed by atoms with van der Waals surface area (Å²) in [6, 6.07) is 0. The molecular weight excluding hydrogens is 258 g/mol. The SMILES string of the molecule is CCCN(CCC(=O)O)C(=O)CCCS(C)(=O)=O. The molecule has 1 amide bonds. The Balaban J connectivity index is 4.17. The van der Waals surface area contributed by atoms with E-state index in [1.807, 2.05) is 6.92 Å². The zero-order chi connectivity index (χ0) is 14.2. The van der Waals surface area contributed by atoms with E-state index in [1.165, 1.54) is 4.90 Å². The van der Waals surface area contributed by atoms with E-state index in [9.17, 15) is 18.0 Å². The molecule has 6 nitrogen and oxygen atoms in total. The van der Waals surface area contributed by atoms with Gasteiger partial charge in [0.25, 0.3) is 0 Å². The molecule has 0 rings (SSSR count). The maximum absolute atomic E-state index is 11.8. The number of aliphatic carboxylic acids is 1. The molecule has 0 unspecified atom stereocenters. The molecule has 7 heteroatoms. The number of rotatable bonds is 9. The fourth-order valence-corrected chi connectivity index (χ4v) is 2.17. The largest absolute Gasteiger partial charge is 0.481 e. The van der Waals surface area contributed by atoms with Gasteiger partial charge in [-0.2, -0.15) is 0 Å². The highest BCUT2D eigenvalue weighted by Gasteiger charge is 2.14. The molecular formula is C11H21NO5S. The van der Waals surface area contributed by atoms with Crippen LogP contribution in [0.25, 0.3) is 0 Å². The number of nitrogens with zero attached hydrogens (tertiary/aromatic N) is 1. The van der Waals surface area contributed by atoms with E-state index in [-0.39, 0.29) is 37.5 Å². The van der Waals surface area contributed by atoms with Crippen LogP contribution in [0.5, 0.6) is 0 Å². The van der Waals surface area contributed by atoms with Crippen LogP contribution < -0.4 is 0 Å². The summed E-state index contributed by atoms with van der Waals surface area (Å²) in [4.78, 5) is 23.7. The molecule has 0 bridgehead atoms. The summed E-state index contributed by atoms with van der Waals surface area (Å²) >= 11 is 0. The maximum Gasteiger partial charge on any atom is 0.305 e. The summed E-state index contributed by atoms with van der Waals surface area (Å²) < 4.78 is 21.8. The van der Waals surface area contributed by atoms with Crippen molar-refractivity contribution in [1.29, 1.82) is 0 Å². The van der Waals surface area contributed by atoms with Gasteiger partial charge in [-0.15, -0.1) is 0 Å². The van der Waals surface area contributed by atoms with Crippen LogP contribution >= 0.6 is 0 Å². The molecule has 0 aromatic rings. The second-order valence-electron chi connectivity index (χ2n) is 4.26. The summed E-state index contributed by atoms with van der Waals surface area (Å²) in [5.74, 6) is -1.14. The molecule has 0 heterocycles. The first-order valence-corrected chi connectivity index (χ1v) is 7.99. The lowest BCUT2D eigenvalue weighted by molar-refractivity contribution is -0.138. The lowest BCUT2D eigenvalue weighted by Crippen LogP contribution is -2.33. The van der Waals surface area contributed by atoms with E-state index in [0.29, 0.717) is 6.54 Å². The first kappa shape index (κ1) is 16.9. The Morgan fingerprint density at radius 3 is 2.22 bits per heavy atom. The maximum atomic E-state index is 11.8. The van der Waals surface area contributed by atoms with Crippen LogP contribution in [0.4, 0.5) is 0 Å². The molecule has 1 N–H and O–H groups in total. The lowest BCUT2D eigenvalue weighted by atomic mass is 10.2. The first-order valence-electron chi connectivity index (χ1n) is 5.93. The highest BCUT2D eigenvalue weighted by molar-refractivity contribution is 7.90. The predicted octanol–water partition coefficient (Wildman–Crippen LogP) is 0.524. The fraction of sp³-hybridized carbons (Fsp3) is 0.818. The Hall–Kier alpha value is -1.11. The minimum absolute atomic E-state index is 0.0162. The van der Waals surface area contributed by atoms with Crippen LogP contribution in [-0.2, 0) is 19.4 Å². The highest BCUT2D eigenvalue weighted by atomic mass is 32.2. The van der Waals surface area contributed by atoms with Gasteiger partial charge in [-0.05, 0) is 12.8 Å². The molecule has 18 heavy (non-hydrogen) atoms. The van der Waals surface area contributed by atoms with Gasteiger partial charge in [-0.25, -0.2) is 8.42 Å². The van der Waals surface area contributed by atoms with Gasteiger partial charge in [0.15, 0.2) is 0 Å². The van der Waals surface area contributed by atoms with E-state index < -0.39 is 15.8 Å². The lowest BCUT2D eigenvalue weighted by Gasteiger charge is -2.21. The Labute approximate surface area is 108 Å². The predicted molar refractivity (Wildman–Crippen MR) is 68.1 cm³/mol. The summed E-state index contributed by atoms with van der Waals surface area (Å²) in [5, 5.41) is 8.58. The van der Waals surface area contributed by atoms with Gasteiger partial charge in [0.1, 0.15) is 9.84 Å². The van der Waals surface area contributed by atoms with Crippen LogP contribution in [0.3, 0.4) is 0 Å². The minimum atomic E-state index is -3.05. The van der Waals surface area contributed by atoms with E-state index in [4.69, 9.17) is 5.11 Å². The van der Waals surface area contributed by atoms with Crippen molar-refractivity contribution in [1.82, 2.24) is 4.90 Å². The normalized spacial score (nSPS) is 11.2. The number of hydrogen-bond acceptors (Lipinski definition) is 4. The number of carbonyl (C=O) groups excluding carboxylic acids is 1. The summed E-state index contributed by atoms with van der Waals surface area (Å²) in [6.07, 6.45) is 2.22. The smallest absolute Gasteiger partial charge is 0.305 e. The molecule has 0 saturated heterocycles. The molecule has 0 aromatic heterocycles. The highest BCUT2D eigenvalue weighted by Crippen LogP contribution is 2.03. The van der Waals surface area contributed by atoms with Crippen molar-refractivity contribution >= 4 is 21.7 Å². The molecule has 0 fully saturated rings. The van der Waals surface area contributed by atoms with Gasteiger partial charge < -0.3 is 10.0 Å². The summed E-state index contributed by atoms with van der Waals surface area (Å²) in [5.41, 5.74) is 0. The van der Waals surface area contributed by atoms with Crippen LogP contribution in [0.2, 0.25) is 0 Å². The van der Waals surface area contributed by atoms with Crippen LogP contribution in [-0.4, -0.2) is 55.4 Å².